The Kier molecular flexibility index (Phi) is 8.51. The molecule has 2 aromatic rings. The van der Waals surface area contributed by atoms with Crippen molar-refractivity contribution < 1.29 is 17.9 Å². The van der Waals surface area contributed by atoms with Gasteiger partial charge in [0.15, 0.2) is 0 Å². The van der Waals surface area contributed by atoms with Gasteiger partial charge in [-0.15, -0.1) is 0 Å². The van der Waals surface area contributed by atoms with E-state index in [1.54, 1.807) is 42.5 Å². The third-order valence-electron chi connectivity index (χ3n) is 4.41. The van der Waals surface area contributed by atoms with Crippen molar-refractivity contribution in [1.29, 1.82) is 0 Å². The number of carbonyl (C=O) groups is 1. The Morgan fingerprint density at radius 3 is 2.36 bits per heavy atom. The second-order valence-electron chi connectivity index (χ2n) is 6.90. The Morgan fingerprint density at radius 2 is 1.64 bits per heavy atom. The molecule has 6 heteroatoms. The van der Waals surface area contributed by atoms with Crippen LogP contribution in [0.3, 0.4) is 0 Å². The summed E-state index contributed by atoms with van der Waals surface area (Å²) in [6.07, 6.45) is 6.71. The second-order valence-corrected chi connectivity index (χ2v) is 8.59. The maximum absolute atomic E-state index is 12.5. The van der Waals surface area contributed by atoms with Crippen molar-refractivity contribution in [3.63, 3.8) is 0 Å². The summed E-state index contributed by atoms with van der Waals surface area (Å²) in [5.41, 5.74) is 1.64. The lowest BCUT2D eigenvalue weighted by Crippen LogP contribution is -2.14. The van der Waals surface area contributed by atoms with Crippen molar-refractivity contribution in [2.24, 2.45) is 0 Å². The van der Waals surface area contributed by atoms with Crippen molar-refractivity contribution in [2.45, 2.75) is 57.3 Å². The summed E-state index contributed by atoms with van der Waals surface area (Å²) in [7, 11) is -3.71. The number of unbranched alkanes of at least 4 members (excludes halogenated alkanes) is 5. The molecule has 0 aliphatic heterocycles. The Labute approximate surface area is 168 Å². The molecule has 0 unspecified atom stereocenters. The van der Waals surface area contributed by atoms with Crippen LogP contribution in [0.15, 0.2) is 53.4 Å². The van der Waals surface area contributed by atoms with Gasteiger partial charge in [-0.2, -0.15) is 0 Å². The van der Waals surface area contributed by atoms with Gasteiger partial charge < -0.3 is 4.74 Å². The predicted molar refractivity (Wildman–Crippen MR) is 112 cm³/mol. The highest BCUT2D eigenvalue weighted by Gasteiger charge is 2.15. The first kappa shape index (κ1) is 22.0. The van der Waals surface area contributed by atoms with Gasteiger partial charge in [0.2, 0.25) is 0 Å². The Morgan fingerprint density at radius 1 is 0.964 bits per heavy atom. The lowest BCUT2D eigenvalue weighted by atomic mass is 10.1. The van der Waals surface area contributed by atoms with Crippen LogP contribution in [0.1, 0.15) is 61.4 Å². The van der Waals surface area contributed by atoms with Gasteiger partial charge >= 0.3 is 5.97 Å². The normalized spacial score (nSPS) is 11.2. The van der Waals surface area contributed by atoms with E-state index in [4.69, 9.17) is 4.74 Å². The molecular weight excluding hydrogens is 374 g/mol. The van der Waals surface area contributed by atoms with E-state index in [0.717, 1.165) is 24.8 Å². The van der Waals surface area contributed by atoms with Crippen LogP contribution in [-0.2, 0) is 14.8 Å². The van der Waals surface area contributed by atoms with Gasteiger partial charge in [0.25, 0.3) is 10.0 Å². The number of benzene rings is 2. The van der Waals surface area contributed by atoms with Crippen LogP contribution in [0.25, 0.3) is 0 Å². The van der Waals surface area contributed by atoms with Gasteiger partial charge in [0.05, 0.1) is 17.1 Å². The van der Waals surface area contributed by atoms with E-state index in [-0.39, 0.29) is 4.90 Å². The maximum Gasteiger partial charge on any atom is 0.338 e. The van der Waals surface area contributed by atoms with E-state index in [2.05, 4.69) is 11.6 Å². The Hall–Kier alpha value is -2.34. The van der Waals surface area contributed by atoms with Gasteiger partial charge in [-0.3, -0.25) is 4.72 Å². The highest BCUT2D eigenvalue weighted by molar-refractivity contribution is 7.92. The first-order valence-corrected chi connectivity index (χ1v) is 11.3. The van der Waals surface area contributed by atoms with Gasteiger partial charge in [0.1, 0.15) is 0 Å². The van der Waals surface area contributed by atoms with Crippen LogP contribution in [0, 0.1) is 6.92 Å². The summed E-state index contributed by atoms with van der Waals surface area (Å²) in [5.74, 6) is -0.440. The number of esters is 1. The number of nitrogens with one attached hydrogen (secondary N) is 1. The minimum absolute atomic E-state index is 0.175. The largest absolute Gasteiger partial charge is 0.462 e. The third-order valence-corrected chi connectivity index (χ3v) is 5.81. The average molecular weight is 404 g/mol. The zero-order valence-corrected chi connectivity index (χ0v) is 17.4. The Bertz CT molecular complexity index is 860. The van der Waals surface area contributed by atoms with Gasteiger partial charge in [-0.1, -0.05) is 62.8 Å². The molecule has 28 heavy (non-hydrogen) atoms. The molecule has 0 radical (unpaired) electrons. The lowest BCUT2D eigenvalue weighted by Gasteiger charge is -2.10. The minimum atomic E-state index is -3.71. The van der Waals surface area contributed by atoms with Crippen molar-refractivity contribution in [3.05, 3.63) is 59.7 Å². The molecule has 0 spiro atoms. The molecule has 0 saturated carbocycles. The molecule has 0 bridgehead atoms. The molecule has 152 valence electrons. The molecule has 0 fully saturated rings. The monoisotopic (exact) mass is 403 g/mol. The fourth-order valence-electron chi connectivity index (χ4n) is 2.77. The molecule has 2 rings (SSSR count). The molecular formula is C22H29NO4S. The second kappa shape index (κ2) is 10.9. The first-order valence-electron chi connectivity index (χ1n) is 9.79. The summed E-state index contributed by atoms with van der Waals surface area (Å²) >= 11 is 0. The SMILES string of the molecule is CCCCCCCCOC(=O)c1cccc(NS(=O)(=O)c2ccc(C)cc2)c1. The fourth-order valence-corrected chi connectivity index (χ4v) is 3.82. The van der Waals surface area contributed by atoms with E-state index in [1.807, 2.05) is 6.92 Å². The van der Waals surface area contributed by atoms with E-state index in [0.29, 0.717) is 17.9 Å². The number of rotatable bonds is 11. The van der Waals surface area contributed by atoms with Crippen LogP contribution in [0.5, 0.6) is 0 Å². The smallest absolute Gasteiger partial charge is 0.338 e. The molecule has 0 atom stereocenters. The molecule has 1 N–H and O–H groups in total. The van der Waals surface area contributed by atoms with E-state index in [9.17, 15) is 13.2 Å². The summed E-state index contributed by atoms with van der Waals surface area (Å²) < 4.78 is 32.8. The topological polar surface area (TPSA) is 72.5 Å². The van der Waals surface area contributed by atoms with Gasteiger partial charge in [0, 0.05) is 5.69 Å². The molecule has 0 amide bonds. The molecule has 5 nitrogen and oxygen atoms in total. The van der Waals surface area contributed by atoms with Crippen LogP contribution < -0.4 is 4.72 Å². The number of aryl methyl sites for hydroxylation is 1. The molecule has 0 aromatic heterocycles. The summed E-state index contributed by atoms with van der Waals surface area (Å²) in [6, 6.07) is 12.9. The third kappa shape index (κ3) is 7.00. The molecule has 0 aliphatic carbocycles. The average Bonchev–Trinajstić information content (AvgIpc) is 2.67. The number of sulfonamides is 1. The van der Waals surface area contributed by atoms with Crippen LogP contribution >= 0.6 is 0 Å². The predicted octanol–water partition coefficient (Wildman–Crippen LogP) is 5.31. The maximum atomic E-state index is 12.5. The summed E-state index contributed by atoms with van der Waals surface area (Å²) in [6.45, 7) is 4.45. The first-order chi connectivity index (χ1) is 13.4. The highest BCUT2D eigenvalue weighted by Crippen LogP contribution is 2.18. The number of hydrogen-bond acceptors (Lipinski definition) is 4. The summed E-state index contributed by atoms with van der Waals surface area (Å²) in [5, 5.41) is 0. The van der Waals surface area contributed by atoms with E-state index in [1.165, 1.54) is 25.3 Å². The van der Waals surface area contributed by atoms with Crippen molar-refractivity contribution >= 4 is 21.7 Å². The quantitative estimate of drug-likeness (QED) is 0.407. The van der Waals surface area contributed by atoms with E-state index >= 15 is 0 Å². The van der Waals surface area contributed by atoms with Crippen LogP contribution in [0.2, 0.25) is 0 Å². The minimum Gasteiger partial charge on any atom is -0.462 e. The number of ether oxygens (including phenoxy) is 1. The number of anilines is 1. The molecule has 0 saturated heterocycles. The molecule has 2 aromatic carbocycles. The van der Waals surface area contributed by atoms with Crippen molar-refractivity contribution in [3.8, 4) is 0 Å². The lowest BCUT2D eigenvalue weighted by molar-refractivity contribution is 0.0497. The van der Waals surface area contributed by atoms with Gasteiger partial charge in [-0.25, -0.2) is 13.2 Å². The molecule has 0 aliphatic rings. The van der Waals surface area contributed by atoms with Crippen LogP contribution in [-0.4, -0.2) is 21.0 Å². The zero-order chi connectivity index (χ0) is 20.4. The van der Waals surface area contributed by atoms with Crippen molar-refractivity contribution in [2.75, 3.05) is 11.3 Å². The number of carbonyl (C=O) groups excluding carboxylic acids is 1. The fraction of sp³-hybridized carbons (Fsp3) is 0.409. The van der Waals surface area contributed by atoms with E-state index < -0.39 is 16.0 Å². The van der Waals surface area contributed by atoms with Crippen molar-refractivity contribution in [1.82, 2.24) is 0 Å². The molecule has 0 heterocycles. The number of hydrogen-bond donors (Lipinski definition) is 1. The standard InChI is InChI=1S/C22H29NO4S/c1-3-4-5-6-7-8-16-27-22(24)19-10-9-11-20(17-19)23-28(25,26)21-14-12-18(2)13-15-21/h9-15,17,23H,3-8,16H2,1-2H3. The Balaban J connectivity index is 1.90. The zero-order valence-electron chi connectivity index (χ0n) is 16.6. The summed E-state index contributed by atoms with van der Waals surface area (Å²) in [4.78, 5) is 12.4. The van der Waals surface area contributed by atoms with Crippen LogP contribution in [0.4, 0.5) is 5.69 Å². The van der Waals surface area contributed by atoms with Gasteiger partial charge in [-0.05, 0) is 43.7 Å². The highest BCUT2D eigenvalue weighted by atomic mass is 32.2.